The fourth-order valence-corrected chi connectivity index (χ4v) is 1.30. The van der Waals surface area contributed by atoms with Gasteiger partial charge in [-0.05, 0) is 0 Å². The van der Waals surface area contributed by atoms with E-state index in [1.807, 2.05) is 11.9 Å². The number of likely N-dealkylation sites (N-methyl/N-ethyl adjacent to an activating group) is 1. The van der Waals surface area contributed by atoms with Crippen LogP contribution in [0.15, 0.2) is 6.07 Å². The minimum absolute atomic E-state index is 0.322. The number of nitrogens with two attached hydrogens (primary N) is 1. The van der Waals surface area contributed by atoms with Crippen molar-refractivity contribution in [2.75, 3.05) is 25.0 Å². The van der Waals surface area contributed by atoms with Crippen LogP contribution in [-0.2, 0) is 0 Å². The van der Waals surface area contributed by atoms with E-state index in [-0.39, 0.29) is 0 Å². The van der Waals surface area contributed by atoms with Crippen molar-refractivity contribution in [3.8, 4) is 0 Å². The molecule has 1 rings (SSSR count). The molecule has 0 bridgehead atoms. The van der Waals surface area contributed by atoms with E-state index >= 15 is 0 Å². The second-order valence-corrected chi connectivity index (χ2v) is 3.30. The van der Waals surface area contributed by atoms with Crippen LogP contribution < -0.4 is 10.6 Å². The van der Waals surface area contributed by atoms with Crippen molar-refractivity contribution in [1.29, 1.82) is 0 Å². The molecule has 1 heterocycles. The molecule has 0 saturated carbocycles. The number of halogens is 2. The Kier molecular flexibility index (Phi) is 3.71. The molecule has 0 amide bonds. The van der Waals surface area contributed by atoms with Crippen LogP contribution in [0.1, 0.15) is 0 Å². The Morgan fingerprint density at radius 2 is 2.15 bits per heavy atom. The highest BCUT2D eigenvalue weighted by atomic mass is 35.5. The first-order valence-electron chi connectivity index (χ1n) is 3.75. The Hall–Kier alpha value is -0.580. The summed E-state index contributed by atoms with van der Waals surface area (Å²) in [5.74, 6) is 0. The number of rotatable bonds is 3. The van der Waals surface area contributed by atoms with E-state index in [9.17, 15) is 0 Å². The molecular formula is C7H10Cl2N4. The van der Waals surface area contributed by atoms with Gasteiger partial charge in [0, 0.05) is 26.2 Å². The summed E-state index contributed by atoms with van der Waals surface area (Å²) < 4.78 is 0. The van der Waals surface area contributed by atoms with Crippen LogP contribution in [0.4, 0.5) is 5.69 Å². The lowest BCUT2D eigenvalue weighted by Crippen LogP contribution is -2.25. The first-order chi connectivity index (χ1) is 6.15. The maximum absolute atomic E-state index is 5.81. The number of nitrogens with zero attached hydrogens (tertiary/aromatic N) is 3. The standard InChI is InChI=1S/C7H10Cl2N4/c1-13(3-2-10)5-4-6(8)11-12-7(5)9/h4H,2-3,10H2,1H3. The quantitative estimate of drug-likeness (QED) is 0.832. The summed E-state index contributed by atoms with van der Waals surface area (Å²) in [4.78, 5) is 1.88. The van der Waals surface area contributed by atoms with Crippen molar-refractivity contribution in [1.82, 2.24) is 10.2 Å². The van der Waals surface area contributed by atoms with Gasteiger partial charge >= 0.3 is 0 Å². The molecule has 13 heavy (non-hydrogen) atoms. The van der Waals surface area contributed by atoms with Crippen molar-refractivity contribution in [2.45, 2.75) is 0 Å². The van der Waals surface area contributed by atoms with Crippen LogP contribution in [0, 0.1) is 0 Å². The van der Waals surface area contributed by atoms with E-state index < -0.39 is 0 Å². The van der Waals surface area contributed by atoms with Crippen molar-refractivity contribution >= 4 is 28.9 Å². The summed E-state index contributed by atoms with van der Waals surface area (Å²) in [6.07, 6.45) is 0. The molecule has 1 aromatic heterocycles. The third-order valence-corrected chi connectivity index (χ3v) is 2.03. The number of aromatic nitrogens is 2. The first kappa shape index (κ1) is 10.5. The summed E-state index contributed by atoms with van der Waals surface area (Å²) in [6.45, 7) is 1.24. The molecule has 0 fully saturated rings. The van der Waals surface area contributed by atoms with Crippen molar-refractivity contribution in [3.05, 3.63) is 16.4 Å². The Morgan fingerprint density at radius 1 is 1.46 bits per heavy atom. The van der Waals surface area contributed by atoms with Gasteiger partial charge in [-0.2, -0.15) is 0 Å². The molecular weight excluding hydrogens is 211 g/mol. The van der Waals surface area contributed by atoms with Gasteiger partial charge in [0.15, 0.2) is 10.3 Å². The topological polar surface area (TPSA) is 55.0 Å². The largest absolute Gasteiger partial charge is 0.371 e. The molecule has 0 spiro atoms. The lowest BCUT2D eigenvalue weighted by Gasteiger charge is -2.18. The maximum atomic E-state index is 5.81. The third kappa shape index (κ3) is 2.69. The molecule has 0 radical (unpaired) electrons. The summed E-state index contributed by atoms with van der Waals surface area (Å²) in [6, 6.07) is 1.66. The summed E-state index contributed by atoms with van der Waals surface area (Å²) in [5, 5.41) is 7.95. The van der Waals surface area contributed by atoms with Gasteiger partial charge < -0.3 is 10.6 Å². The highest BCUT2D eigenvalue weighted by Crippen LogP contribution is 2.23. The Labute approximate surface area is 86.6 Å². The van der Waals surface area contributed by atoms with E-state index in [4.69, 9.17) is 28.9 Å². The van der Waals surface area contributed by atoms with Gasteiger partial charge in [-0.15, -0.1) is 10.2 Å². The van der Waals surface area contributed by atoms with Crippen LogP contribution in [0.5, 0.6) is 0 Å². The van der Waals surface area contributed by atoms with E-state index in [1.165, 1.54) is 0 Å². The number of hydrogen-bond acceptors (Lipinski definition) is 4. The molecule has 6 heteroatoms. The summed E-state index contributed by atoms with van der Waals surface area (Å²) >= 11 is 11.5. The van der Waals surface area contributed by atoms with Crippen LogP contribution in [-0.4, -0.2) is 30.3 Å². The average Bonchev–Trinajstić information content (AvgIpc) is 2.09. The molecule has 0 aliphatic carbocycles. The lowest BCUT2D eigenvalue weighted by molar-refractivity contribution is 0.874. The molecule has 0 aliphatic rings. The fraction of sp³-hybridized carbons (Fsp3) is 0.429. The zero-order chi connectivity index (χ0) is 9.84. The first-order valence-corrected chi connectivity index (χ1v) is 4.50. The second-order valence-electron chi connectivity index (χ2n) is 2.55. The van der Waals surface area contributed by atoms with Gasteiger partial charge in [0.05, 0.1) is 5.69 Å². The Balaban J connectivity index is 2.91. The molecule has 4 nitrogen and oxygen atoms in total. The minimum atomic E-state index is 0.322. The van der Waals surface area contributed by atoms with Gasteiger partial charge in [0.2, 0.25) is 0 Å². The summed E-state index contributed by atoms with van der Waals surface area (Å²) in [7, 11) is 1.87. The predicted molar refractivity (Wildman–Crippen MR) is 54.4 cm³/mol. The molecule has 1 aromatic rings. The number of hydrogen-bond donors (Lipinski definition) is 1. The highest BCUT2D eigenvalue weighted by Gasteiger charge is 2.07. The molecule has 0 aliphatic heterocycles. The van der Waals surface area contributed by atoms with E-state index in [0.717, 1.165) is 5.69 Å². The van der Waals surface area contributed by atoms with Crippen LogP contribution in [0.25, 0.3) is 0 Å². The predicted octanol–water partition coefficient (Wildman–Crippen LogP) is 1.18. The lowest BCUT2D eigenvalue weighted by atomic mass is 10.4. The van der Waals surface area contributed by atoms with E-state index in [2.05, 4.69) is 10.2 Å². The van der Waals surface area contributed by atoms with Gasteiger partial charge in [0.25, 0.3) is 0 Å². The third-order valence-electron chi connectivity index (χ3n) is 1.58. The zero-order valence-corrected chi connectivity index (χ0v) is 8.68. The normalized spacial score (nSPS) is 10.2. The SMILES string of the molecule is CN(CCN)c1cc(Cl)nnc1Cl. The van der Waals surface area contributed by atoms with Crippen LogP contribution >= 0.6 is 23.2 Å². The van der Waals surface area contributed by atoms with Gasteiger partial charge in [-0.3, -0.25) is 0 Å². The van der Waals surface area contributed by atoms with Gasteiger partial charge in [0.1, 0.15) is 0 Å². The Bertz CT molecular complexity index is 292. The molecule has 0 saturated heterocycles. The van der Waals surface area contributed by atoms with Crippen LogP contribution in [0.2, 0.25) is 10.3 Å². The number of anilines is 1. The summed E-state index contributed by atoms with van der Waals surface area (Å²) in [5.41, 5.74) is 6.14. The van der Waals surface area contributed by atoms with Crippen molar-refractivity contribution < 1.29 is 0 Å². The van der Waals surface area contributed by atoms with Gasteiger partial charge in [-0.1, -0.05) is 23.2 Å². The zero-order valence-electron chi connectivity index (χ0n) is 7.17. The molecule has 0 atom stereocenters. The highest BCUT2D eigenvalue weighted by molar-refractivity contribution is 6.33. The maximum Gasteiger partial charge on any atom is 0.175 e. The van der Waals surface area contributed by atoms with E-state index in [1.54, 1.807) is 6.07 Å². The van der Waals surface area contributed by atoms with E-state index in [0.29, 0.717) is 23.4 Å². The average molecular weight is 221 g/mol. The van der Waals surface area contributed by atoms with Crippen LogP contribution in [0.3, 0.4) is 0 Å². The smallest absolute Gasteiger partial charge is 0.175 e. The molecule has 2 N–H and O–H groups in total. The van der Waals surface area contributed by atoms with Crippen molar-refractivity contribution in [2.24, 2.45) is 5.73 Å². The molecule has 0 aromatic carbocycles. The van der Waals surface area contributed by atoms with Crippen molar-refractivity contribution in [3.63, 3.8) is 0 Å². The fourth-order valence-electron chi connectivity index (χ4n) is 0.926. The second kappa shape index (κ2) is 4.60. The minimum Gasteiger partial charge on any atom is -0.371 e. The Morgan fingerprint density at radius 3 is 2.77 bits per heavy atom. The monoisotopic (exact) mass is 220 g/mol. The molecule has 72 valence electrons. The molecule has 0 unspecified atom stereocenters. The van der Waals surface area contributed by atoms with Gasteiger partial charge in [-0.25, -0.2) is 0 Å².